The summed E-state index contributed by atoms with van der Waals surface area (Å²) >= 11 is 5.93. The van der Waals surface area contributed by atoms with Crippen LogP contribution >= 0.6 is 11.6 Å². The number of nitrogens with one attached hydrogen (secondary N) is 2. The molecule has 29 heavy (non-hydrogen) atoms. The molecular formula is C20H22ClF3N4O. The lowest BCUT2D eigenvalue weighted by atomic mass is 9.86. The van der Waals surface area contributed by atoms with E-state index in [1.165, 1.54) is 6.20 Å². The van der Waals surface area contributed by atoms with Crippen molar-refractivity contribution in [3.05, 3.63) is 52.4 Å². The molecule has 1 fully saturated rings. The van der Waals surface area contributed by atoms with Crippen molar-refractivity contribution in [1.29, 1.82) is 0 Å². The van der Waals surface area contributed by atoms with Crippen LogP contribution in [0.25, 0.3) is 0 Å². The summed E-state index contributed by atoms with van der Waals surface area (Å²) in [5.41, 5.74) is 0.377. The lowest BCUT2D eigenvalue weighted by Gasteiger charge is -2.29. The van der Waals surface area contributed by atoms with Crippen molar-refractivity contribution in [3.63, 3.8) is 0 Å². The van der Waals surface area contributed by atoms with Gasteiger partial charge in [-0.1, -0.05) is 11.6 Å². The number of carbonyl (C=O) groups excluding carboxylic acids is 1. The van der Waals surface area contributed by atoms with Gasteiger partial charge in [-0.2, -0.15) is 13.2 Å². The largest absolute Gasteiger partial charge is 0.416 e. The van der Waals surface area contributed by atoms with Crippen molar-refractivity contribution in [2.24, 2.45) is 5.92 Å². The quantitative estimate of drug-likeness (QED) is 0.716. The molecular weight excluding hydrogens is 405 g/mol. The predicted octanol–water partition coefficient (Wildman–Crippen LogP) is 4.86. The van der Waals surface area contributed by atoms with Crippen molar-refractivity contribution >= 4 is 23.3 Å². The highest BCUT2D eigenvalue weighted by atomic mass is 35.5. The van der Waals surface area contributed by atoms with Gasteiger partial charge in [-0.15, -0.1) is 0 Å². The van der Waals surface area contributed by atoms with Crippen LogP contribution in [0.15, 0.2) is 30.6 Å². The van der Waals surface area contributed by atoms with E-state index in [2.05, 4.69) is 20.6 Å². The fourth-order valence-corrected chi connectivity index (χ4v) is 3.62. The van der Waals surface area contributed by atoms with E-state index in [0.717, 1.165) is 44.0 Å². The molecule has 1 amide bonds. The third kappa shape index (κ3) is 5.82. The second-order valence-corrected chi connectivity index (χ2v) is 7.72. The first kappa shape index (κ1) is 21.4. The van der Waals surface area contributed by atoms with Gasteiger partial charge in [0, 0.05) is 25.0 Å². The molecule has 0 aromatic carbocycles. The molecule has 1 aliphatic rings. The van der Waals surface area contributed by atoms with Crippen LogP contribution in [0.2, 0.25) is 5.02 Å². The third-order valence-corrected chi connectivity index (χ3v) is 5.35. The molecule has 9 heteroatoms. The normalized spacial score (nSPS) is 19.6. The summed E-state index contributed by atoms with van der Waals surface area (Å²) in [5, 5.41) is 6.44. The van der Waals surface area contributed by atoms with Crippen LogP contribution in [0.4, 0.5) is 19.0 Å². The van der Waals surface area contributed by atoms with Gasteiger partial charge in [0.25, 0.3) is 5.91 Å². The summed E-state index contributed by atoms with van der Waals surface area (Å²) in [4.78, 5) is 20.5. The number of nitrogens with zero attached hydrogens (tertiary/aromatic N) is 2. The summed E-state index contributed by atoms with van der Waals surface area (Å²) in [5.74, 6) is 0.348. The molecule has 0 atom stereocenters. The minimum Gasteiger partial charge on any atom is -0.370 e. The van der Waals surface area contributed by atoms with Crippen LogP contribution in [0.3, 0.4) is 0 Å². The summed E-state index contributed by atoms with van der Waals surface area (Å²) < 4.78 is 38.3. The van der Waals surface area contributed by atoms with Gasteiger partial charge in [0.15, 0.2) is 0 Å². The summed E-state index contributed by atoms with van der Waals surface area (Å²) in [6.45, 7) is 2.31. The van der Waals surface area contributed by atoms with Crippen molar-refractivity contribution < 1.29 is 18.0 Å². The highest BCUT2D eigenvalue weighted by Gasteiger charge is 2.31. The number of hydrogen-bond acceptors (Lipinski definition) is 4. The summed E-state index contributed by atoms with van der Waals surface area (Å²) in [6.07, 6.45) is 1.62. The lowest BCUT2D eigenvalue weighted by molar-refractivity contribution is -0.137. The molecule has 2 aromatic heterocycles. The maximum Gasteiger partial charge on any atom is 0.416 e. The van der Waals surface area contributed by atoms with Crippen molar-refractivity contribution in [3.8, 4) is 0 Å². The summed E-state index contributed by atoms with van der Waals surface area (Å²) in [6, 6.07) is 3.64. The van der Waals surface area contributed by atoms with Gasteiger partial charge in [0.2, 0.25) is 0 Å². The van der Waals surface area contributed by atoms with E-state index in [0.29, 0.717) is 28.7 Å². The molecule has 0 saturated heterocycles. The molecule has 2 aromatic rings. The highest BCUT2D eigenvalue weighted by molar-refractivity contribution is 6.30. The van der Waals surface area contributed by atoms with E-state index >= 15 is 0 Å². The topological polar surface area (TPSA) is 66.9 Å². The molecule has 1 aliphatic carbocycles. The Morgan fingerprint density at radius 2 is 1.93 bits per heavy atom. The minimum atomic E-state index is -4.38. The van der Waals surface area contributed by atoms with Gasteiger partial charge < -0.3 is 10.6 Å². The Morgan fingerprint density at radius 1 is 1.21 bits per heavy atom. The molecule has 0 aliphatic heterocycles. The van der Waals surface area contributed by atoms with Crippen LogP contribution < -0.4 is 10.6 Å². The first-order valence-electron chi connectivity index (χ1n) is 9.42. The number of aromatic nitrogens is 2. The van der Waals surface area contributed by atoms with E-state index in [1.807, 2.05) is 0 Å². The fourth-order valence-electron chi connectivity index (χ4n) is 3.46. The van der Waals surface area contributed by atoms with Crippen molar-refractivity contribution in [2.75, 3.05) is 11.9 Å². The molecule has 0 radical (unpaired) electrons. The Balaban J connectivity index is 1.47. The van der Waals surface area contributed by atoms with Crippen LogP contribution in [-0.4, -0.2) is 28.5 Å². The zero-order valence-electron chi connectivity index (χ0n) is 15.9. The van der Waals surface area contributed by atoms with Crippen molar-refractivity contribution in [1.82, 2.24) is 15.3 Å². The van der Waals surface area contributed by atoms with E-state index in [9.17, 15) is 18.0 Å². The maximum absolute atomic E-state index is 12.8. The van der Waals surface area contributed by atoms with E-state index in [1.54, 1.807) is 13.0 Å². The van der Waals surface area contributed by atoms with Crippen LogP contribution in [0, 0.1) is 12.8 Å². The monoisotopic (exact) mass is 426 g/mol. The van der Waals surface area contributed by atoms with Crippen molar-refractivity contribution in [2.45, 2.75) is 44.8 Å². The van der Waals surface area contributed by atoms with E-state index < -0.39 is 11.7 Å². The number of aryl methyl sites for hydroxylation is 1. The zero-order valence-corrected chi connectivity index (χ0v) is 16.6. The average Bonchev–Trinajstić information content (AvgIpc) is 2.69. The Bertz CT molecular complexity index is 867. The number of rotatable bonds is 5. The number of anilines is 1. The standard InChI is InChI=1S/C20H22ClF3N4O/c1-12-17(9-15(21)11-26-12)19(29)28-16-4-2-13(3-5-16)10-27-18-8-14(6-7-25-18)20(22,23)24/h6-9,11,13,16H,2-5,10H2,1H3,(H,25,27)(H,28,29). The van der Waals surface area contributed by atoms with Crippen LogP contribution in [0.5, 0.6) is 0 Å². The second kappa shape index (κ2) is 8.98. The van der Waals surface area contributed by atoms with E-state index in [-0.39, 0.29) is 17.8 Å². The summed E-state index contributed by atoms with van der Waals surface area (Å²) in [7, 11) is 0. The fraction of sp³-hybridized carbons (Fsp3) is 0.450. The number of pyridine rings is 2. The molecule has 156 valence electrons. The molecule has 2 N–H and O–H groups in total. The molecule has 1 saturated carbocycles. The Kier molecular flexibility index (Phi) is 6.62. The lowest BCUT2D eigenvalue weighted by Crippen LogP contribution is -2.38. The van der Waals surface area contributed by atoms with Crippen LogP contribution in [0.1, 0.15) is 47.3 Å². The van der Waals surface area contributed by atoms with Gasteiger partial charge in [0.05, 0.1) is 21.8 Å². The Labute approximate surface area is 172 Å². The molecule has 5 nitrogen and oxygen atoms in total. The van der Waals surface area contributed by atoms with E-state index in [4.69, 9.17) is 11.6 Å². The number of hydrogen-bond donors (Lipinski definition) is 2. The highest BCUT2D eigenvalue weighted by Crippen LogP contribution is 2.30. The Hall–Kier alpha value is -2.35. The number of amides is 1. The first-order valence-corrected chi connectivity index (χ1v) is 9.80. The van der Waals surface area contributed by atoms with Gasteiger partial charge in [-0.05, 0) is 56.7 Å². The SMILES string of the molecule is Cc1ncc(Cl)cc1C(=O)NC1CCC(CNc2cc(C(F)(F)F)ccn2)CC1. The Morgan fingerprint density at radius 3 is 2.62 bits per heavy atom. The predicted molar refractivity (Wildman–Crippen MR) is 105 cm³/mol. The minimum absolute atomic E-state index is 0.0591. The maximum atomic E-state index is 12.8. The second-order valence-electron chi connectivity index (χ2n) is 7.29. The number of alkyl halides is 3. The van der Waals surface area contributed by atoms with Gasteiger partial charge >= 0.3 is 6.18 Å². The molecule has 0 bridgehead atoms. The average molecular weight is 427 g/mol. The third-order valence-electron chi connectivity index (χ3n) is 5.14. The van der Waals surface area contributed by atoms with Gasteiger partial charge in [-0.25, -0.2) is 4.98 Å². The molecule has 2 heterocycles. The number of halogens is 4. The molecule has 3 rings (SSSR count). The first-order chi connectivity index (χ1) is 13.7. The molecule has 0 spiro atoms. The number of carbonyl (C=O) groups is 1. The van der Waals surface area contributed by atoms with Gasteiger partial charge in [-0.3, -0.25) is 9.78 Å². The zero-order chi connectivity index (χ0) is 21.0. The smallest absolute Gasteiger partial charge is 0.370 e. The van der Waals surface area contributed by atoms with Gasteiger partial charge in [0.1, 0.15) is 5.82 Å². The van der Waals surface area contributed by atoms with Crippen LogP contribution in [-0.2, 0) is 6.18 Å². The molecule has 0 unspecified atom stereocenters.